The predicted octanol–water partition coefficient (Wildman–Crippen LogP) is 3.15. The Balaban J connectivity index is 3.43. The van der Waals surface area contributed by atoms with Crippen LogP contribution in [0.3, 0.4) is 0 Å². The van der Waals surface area contributed by atoms with Gasteiger partial charge in [0, 0.05) is 0 Å². The Morgan fingerprint density at radius 2 is 2.17 bits per heavy atom. The van der Waals surface area contributed by atoms with Crippen LogP contribution in [-0.4, -0.2) is 4.92 Å². The molecule has 0 bridgehead atoms. The molecule has 0 fully saturated rings. The second kappa shape index (κ2) is 3.37. The summed E-state index contributed by atoms with van der Waals surface area (Å²) in [6, 6.07) is 2.57. The third-order valence-electron chi connectivity index (χ3n) is 1.20. The third-order valence-corrected chi connectivity index (χ3v) is 2.12. The zero-order valence-corrected chi connectivity index (χ0v) is 7.89. The van der Waals surface area contributed by atoms with Gasteiger partial charge in [-0.2, -0.15) is 4.39 Å². The second-order valence-corrected chi connectivity index (χ2v) is 3.21. The van der Waals surface area contributed by atoms with E-state index < -0.39 is 16.4 Å². The fourth-order valence-electron chi connectivity index (χ4n) is 0.684. The maximum atomic E-state index is 12.9. The maximum absolute atomic E-state index is 12.9. The summed E-state index contributed by atoms with van der Waals surface area (Å²) in [5, 5.41) is 10.0. The molecule has 0 atom stereocenters. The van der Waals surface area contributed by atoms with Crippen LogP contribution in [0.15, 0.2) is 16.6 Å². The first-order valence-electron chi connectivity index (χ1n) is 2.82. The molecule has 1 aromatic carbocycles. The van der Waals surface area contributed by atoms with E-state index in [0.29, 0.717) is 0 Å². The van der Waals surface area contributed by atoms with Gasteiger partial charge >= 0.3 is 5.69 Å². The lowest BCUT2D eigenvalue weighted by Crippen LogP contribution is -1.93. The maximum Gasteiger partial charge on any atom is 0.324 e. The highest BCUT2D eigenvalue weighted by Gasteiger charge is 2.21. The number of hydrogen-bond donors (Lipinski definition) is 0. The van der Waals surface area contributed by atoms with Crippen molar-refractivity contribution in [2.45, 2.75) is 0 Å². The lowest BCUT2D eigenvalue weighted by Gasteiger charge is -1.97. The van der Waals surface area contributed by atoms with Crippen LogP contribution in [0, 0.1) is 15.9 Å². The van der Waals surface area contributed by atoms with Crippen molar-refractivity contribution in [3.05, 3.63) is 37.6 Å². The molecule has 3 nitrogen and oxygen atoms in total. The Morgan fingerprint density at radius 3 is 2.58 bits per heavy atom. The Morgan fingerprint density at radius 1 is 1.58 bits per heavy atom. The van der Waals surface area contributed by atoms with Gasteiger partial charge in [-0.05, 0) is 28.1 Å². The van der Waals surface area contributed by atoms with Crippen molar-refractivity contribution in [2.24, 2.45) is 0 Å². The van der Waals surface area contributed by atoms with Gasteiger partial charge in [0.1, 0.15) is 5.02 Å². The number of nitrogens with zero attached hydrogens (tertiary/aromatic N) is 1. The molecular formula is C6H2BrClFNO2. The first-order valence-corrected chi connectivity index (χ1v) is 3.99. The van der Waals surface area contributed by atoms with Crippen LogP contribution in [-0.2, 0) is 0 Å². The first-order chi connectivity index (χ1) is 5.54. The largest absolute Gasteiger partial charge is 0.324 e. The molecule has 6 heteroatoms. The summed E-state index contributed by atoms with van der Waals surface area (Å²) in [6.45, 7) is 0. The number of hydrogen-bond acceptors (Lipinski definition) is 2. The van der Waals surface area contributed by atoms with Crippen molar-refractivity contribution in [3.8, 4) is 0 Å². The molecule has 0 spiro atoms. The van der Waals surface area contributed by atoms with Crippen LogP contribution in [0.5, 0.6) is 0 Å². The van der Waals surface area contributed by atoms with Gasteiger partial charge in [0.2, 0.25) is 5.82 Å². The third kappa shape index (κ3) is 1.56. The number of nitro benzene ring substituents is 1. The van der Waals surface area contributed by atoms with Gasteiger partial charge in [0.25, 0.3) is 0 Å². The summed E-state index contributed by atoms with van der Waals surface area (Å²) < 4.78 is 13.0. The minimum Gasteiger partial charge on any atom is -0.258 e. The van der Waals surface area contributed by atoms with E-state index in [1.54, 1.807) is 0 Å². The van der Waals surface area contributed by atoms with Crippen molar-refractivity contribution >= 4 is 33.2 Å². The van der Waals surface area contributed by atoms with E-state index in [-0.39, 0.29) is 9.50 Å². The first kappa shape index (κ1) is 9.41. The smallest absolute Gasteiger partial charge is 0.258 e. The van der Waals surface area contributed by atoms with E-state index in [9.17, 15) is 14.5 Å². The quantitative estimate of drug-likeness (QED) is 0.439. The molecule has 0 saturated carbocycles. The summed E-state index contributed by atoms with van der Waals surface area (Å²) in [5.74, 6) is -0.951. The molecule has 0 unspecified atom stereocenters. The van der Waals surface area contributed by atoms with Gasteiger partial charge < -0.3 is 0 Å². The van der Waals surface area contributed by atoms with E-state index in [1.807, 2.05) is 0 Å². The molecule has 12 heavy (non-hydrogen) atoms. The van der Waals surface area contributed by atoms with Gasteiger partial charge in [-0.3, -0.25) is 10.1 Å². The lowest BCUT2D eigenvalue weighted by molar-refractivity contribution is -0.387. The highest BCUT2D eigenvalue weighted by atomic mass is 79.9. The number of nitro groups is 1. The molecule has 0 radical (unpaired) electrons. The fraction of sp³-hybridized carbons (Fsp3) is 0. The molecule has 1 rings (SSSR count). The Bertz CT molecular complexity index is 345. The van der Waals surface area contributed by atoms with Crippen LogP contribution in [0.25, 0.3) is 0 Å². The normalized spacial score (nSPS) is 9.92. The topological polar surface area (TPSA) is 43.1 Å². The van der Waals surface area contributed by atoms with E-state index in [1.165, 1.54) is 12.1 Å². The van der Waals surface area contributed by atoms with Crippen LogP contribution >= 0.6 is 27.5 Å². The van der Waals surface area contributed by atoms with Gasteiger partial charge in [-0.25, -0.2) is 0 Å². The van der Waals surface area contributed by atoms with E-state index in [2.05, 4.69) is 15.9 Å². The van der Waals surface area contributed by atoms with Crippen LogP contribution < -0.4 is 0 Å². The lowest BCUT2D eigenvalue weighted by atomic mass is 10.3. The van der Waals surface area contributed by atoms with E-state index >= 15 is 0 Å². The van der Waals surface area contributed by atoms with Gasteiger partial charge in [-0.1, -0.05) is 11.6 Å². The van der Waals surface area contributed by atoms with Gasteiger partial charge in [0.15, 0.2) is 0 Å². The highest BCUT2D eigenvalue weighted by molar-refractivity contribution is 9.10. The van der Waals surface area contributed by atoms with Crippen LogP contribution in [0.1, 0.15) is 0 Å². The van der Waals surface area contributed by atoms with Crippen LogP contribution in [0.2, 0.25) is 5.02 Å². The molecule has 64 valence electrons. The average molecular weight is 254 g/mol. The Labute approximate surface area is 80.4 Å². The molecule has 0 aliphatic heterocycles. The zero-order valence-electron chi connectivity index (χ0n) is 5.55. The summed E-state index contributed by atoms with van der Waals surface area (Å²) in [6.07, 6.45) is 0. The number of benzene rings is 1. The summed E-state index contributed by atoms with van der Waals surface area (Å²) in [5.41, 5.74) is -0.703. The number of rotatable bonds is 1. The minimum atomic E-state index is -0.951. The van der Waals surface area contributed by atoms with Crippen molar-refractivity contribution in [1.29, 1.82) is 0 Å². The monoisotopic (exact) mass is 253 g/mol. The van der Waals surface area contributed by atoms with Crippen molar-refractivity contribution in [3.63, 3.8) is 0 Å². The summed E-state index contributed by atoms with van der Waals surface area (Å²) in [7, 11) is 0. The van der Waals surface area contributed by atoms with E-state index in [0.717, 1.165) is 0 Å². The molecule has 0 saturated heterocycles. The summed E-state index contributed by atoms with van der Waals surface area (Å²) in [4.78, 5) is 9.40. The standard InChI is InChI=1S/C6H2BrClFNO2/c7-3-1-2-4(8)6(5(3)9)10(11)12/h1-2H. The molecule has 1 aromatic rings. The highest BCUT2D eigenvalue weighted by Crippen LogP contribution is 2.31. The van der Waals surface area contributed by atoms with Crippen molar-refractivity contribution < 1.29 is 9.31 Å². The average Bonchev–Trinajstić information content (AvgIpc) is 1.97. The predicted molar refractivity (Wildman–Crippen MR) is 45.8 cm³/mol. The minimum absolute atomic E-state index is 0.0265. The Kier molecular flexibility index (Phi) is 2.64. The van der Waals surface area contributed by atoms with Crippen molar-refractivity contribution in [2.75, 3.05) is 0 Å². The van der Waals surface area contributed by atoms with Gasteiger partial charge in [0.05, 0.1) is 9.40 Å². The summed E-state index contributed by atoms with van der Waals surface area (Å²) >= 11 is 8.20. The van der Waals surface area contributed by atoms with Gasteiger partial charge in [-0.15, -0.1) is 0 Å². The van der Waals surface area contributed by atoms with E-state index in [4.69, 9.17) is 11.6 Å². The molecule has 0 N–H and O–H groups in total. The molecule has 0 amide bonds. The molecule has 0 aromatic heterocycles. The zero-order chi connectivity index (χ0) is 9.30. The number of halogens is 3. The molecule has 0 aliphatic carbocycles. The van der Waals surface area contributed by atoms with Crippen LogP contribution in [0.4, 0.5) is 10.1 Å². The molecule has 0 heterocycles. The Hall–Kier alpha value is -0.680. The molecular weight excluding hydrogens is 252 g/mol. The van der Waals surface area contributed by atoms with Crippen molar-refractivity contribution in [1.82, 2.24) is 0 Å². The fourth-order valence-corrected chi connectivity index (χ4v) is 1.22. The second-order valence-electron chi connectivity index (χ2n) is 1.95. The SMILES string of the molecule is O=[N+]([O-])c1c(Cl)ccc(Br)c1F. The molecule has 0 aliphatic rings.